The van der Waals surface area contributed by atoms with Crippen LogP contribution in [-0.4, -0.2) is 32.1 Å². The normalized spacial score (nSPS) is 16.0. The second-order valence-electron chi connectivity index (χ2n) is 2.73. The lowest BCUT2D eigenvalue weighted by Gasteiger charge is -2.16. The van der Waals surface area contributed by atoms with Crippen molar-refractivity contribution in [3.63, 3.8) is 0 Å². The second kappa shape index (κ2) is 5.27. The van der Waals surface area contributed by atoms with Crippen molar-refractivity contribution in [3.05, 3.63) is 0 Å². The Labute approximate surface area is 68.1 Å². The average Bonchev–Trinajstić information content (AvgIpc) is 1.99. The van der Waals surface area contributed by atoms with Crippen molar-refractivity contribution >= 4 is 5.78 Å². The molecule has 0 heterocycles. The van der Waals surface area contributed by atoms with Crippen LogP contribution in [0.25, 0.3) is 0 Å². The third-order valence-electron chi connectivity index (χ3n) is 1.81. The Bertz CT molecular complexity index is 125. The van der Waals surface area contributed by atoms with Crippen molar-refractivity contribution in [2.75, 3.05) is 14.2 Å². The molecule has 0 amide bonds. The molecular formula is C8H17NO2. The molecule has 0 radical (unpaired) electrons. The molecule has 3 nitrogen and oxygen atoms in total. The van der Waals surface area contributed by atoms with E-state index >= 15 is 0 Å². The maximum Gasteiger partial charge on any atom is 0.146 e. The molecule has 1 N–H and O–H groups in total. The number of hydrogen-bond acceptors (Lipinski definition) is 3. The van der Waals surface area contributed by atoms with E-state index in [0.29, 0.717) is 0 Å². The van der Waals surface area contributed by atoms with E-state index in [9.17, 15) is 4.79 Å². The van der Waals surface area contributed by atoms with Crippen molar-refractivity contribution in [2.45, 2.75) is 32.4 Å². The van der Waals surface area contributed by atoms with Crippen LogP contribution in [0, 0.1) is 0 Å². The highest BCUT2D eigenvalue weighted by atomic mass is 16.5. The Morgan fingerprint density at radius 2 is 2.18 bits per heavy atom. The molecule has 3 heteroatoms. The highest BCUT2D eigenvalue weighted by molar-refractivity contribution is 5.81. The summed E-state index contributed by atoms with van der Waals surface area (Å²) in [6.45, 7) is 3.54. The summed E-state index contributed by atoms with van der Waals surface area (Å²) >= 11 is 0. The van der Waals surface area contributed by atoms with Crippen LogP contribution < -0.4 is 5.32 Å². The lowest BCUT2D eigenvalue weighted by molar-refractivity contribution is -0.119. The summed E-state index contributed by atoms with van der Waals surface area (Å²) in [6, 6.07) is -0.0649. The Hall–Kier alpha value is -0.410. The molecule has 2 atom stereocenters. The fourth-order valence-electron chi connectivity index (χ4n) is 0.915. The van der Waals surface area contributed by atoms with Crippen molar-refractivity contribution in [3.8, 4) is 0 Å². The van der Waals surface area contributed by atoms with Gasteiger partial charge in [-0.25, -0.2) is 0 Å². The van der Waals surface area contributed by atoms with Gasteiger partial charge in [-0.1, -0.05) is 0 Å². The van der Waals surface area contributed by atoms with Crippen molar-refractivity contribution < 1.29 is 9.53 Å². The van der Waals surface area contributed by atoms with E-state index < -0.39 is 0 Å². The lowest BCUT2D eigenvalue weighted by Crippen LogP contribution is -2.35. The first-order chi connectivity index (χ1) is 5.11. The SMILES string of the molecule is CNC(CC(C)OC)C(C)=O. The standard InChI is InChI=1S/C8H17NO2/c1-6(11-4)5-8(9-3)7(2)10/h6,8-9H,5H2,1-4H3. The van der Waals surface area contributed by atoms with E-state index in [1.807, 2.05) is 6.92 Å². The molecule has 0 rings (SSSR count). The van der Waals surface area contributed by atoms with Crippen LogP contribution in [0.1, 0.15) is 20.3 Å². The number of hydrogen-bond donors (Lipinski definition) is 1. The Morgan fingerprint density at radius 3 is 2.45 bits per heavy atom. The van der Waals surface area contributed by atoms with Gasteiger partial charge in [-0.3, -0.25) is 4.79 Å². The van der Waals surface area contributed by atoms with Crippen molar-refractivity contribution in [1.82, 2.24) is 5.32 Å². The molecule has 11 heavy (non-hydrogen) atoms. The number of rotatable bonds is 5. The minimum atomic E-state index is -0.0649. The smallest absolute Gasteiger partial charge is 0.146 e. The molecule has 0 spiro atoms. The van der Waals surface area contributed by atoms with Gasteiger partial charge in [-0.2, -0.15) is 0 Å². The van der Waals surface area contributed by atoms with E-state index in [2.05, 4.69) is 5.32 Å². The quantitative estimate of drug-likeness (QED) is 0.638. The Kier molecular flexibility index (Phi) is 5.07. The van der Waals surface area contributed by atoms with Crippen molar-refractivity contribution in [1.29, 1.82) is 0 Å². The number of likely N-dealkylation sites (N-methyl/N-ethyl adjacent to an activating group) is 1. The average molecular weight is 159 g/mol. The Morgan fingerprint density at radius 1 is 1.64 bits per heavy atom. The lowest BCUT2D eigenvalue weighted by atomic mass is 10.1. The first kappa shape index (κ1) is 10.6. The number of carbonyl (C=O) groups is 1. The summed E-state index contributed by atoms with van der Waals surface area (Å²) in [5.41, 5.74) is 0. The molecule has 0 aliphatic rings. The molecule has 66 valence electrons. The largest absolute Gasteiger partial charge is 0.382 e. The van der Waals surface area contributed by atoms with Crippen LogP contribution in [-0.2, 0) is 9.53 Å². The highest BCUT2D eigenvalue weighted by Crippen LogP contribution is 2.01. The van der Waals surface area contributed by atoms with Gasteiger partial charge in [0.25, 0.3) is 0 Å². The maximum atomic E-state index is 10.9. The topological polar surface area (TPSA) is 38.3 Å². The van der Waals surface area contributed by atoms with Gasteiger partial charge < -0.3 is 10.1 Å². The van der Waals surface area contributed by atoms with Crippen LogP contribution in [0.4, 0.5) is 0 Å². The van der Waals surface area contributed by atoms with Crippen LogP contribution in [0.15, 0.2) is 0 Å². The van der Waals surface area contributed by atoms with E-state index in [1.165, 1.54) is 0 Å². The van der Waals surface area contributed by atoms with Gasteiger partial charge in [0.1, 0.15) is 5.78 Å². The summed E-state index contributed by atoms with van der Waals surface area (Å²) in [7, 11) is 3.44. The summed E-state index contributed by atoms with van der Waals surface area (Å²) in [4.78, 5) is 10.9. The predicted molar refractivity (Wildman–Crippen MR) is 44.6 cm³/mol. The zero-order chi connectivity index (χ0) is 8.85. The summed E-state index contributed by atoms with van der Waals surface area (Å²) < 4.78 is 5.04. The van der Waals surface area contributed by atoms with E-state index in [0.717, 1.165) is 6.42 Å². The third-order valence-corrected chi connectivity index (χ3v) is 1.81. The van der Waals surface area contributed by atoms with Gasteiger partial charge in [-0.15, -0.1) is 0 Å². The van der Waals surface area contributed by atoms with Gasteiger partial charge in [0.05, 0.1) is 12.1 Å². The number of ether oxygens (including phenoxy) is 1. The van der Waals surface area contributed by atoms with Gasteiger partial charge in [0.15, 0.2) is 0 Å². The first-order valence-electron chi connectivity index (χ1n) is 3.82. The fraction of sp³-hybridized carbons (Fsp3) is 0.875. The van der Waals surface area contributed by atoms with Gasteiger partial charge in [-0.05, 0) is 27.3 Å². The summed E-state index contributed by atoms with van der Waals surface area (Å²) in [6.07, 6.45) is 0.874. The summed E-state index contributed by atoms with van der Waals surface area (Å²) in [5, 5.41) is 2.94. The molecule has 0 bridgehead atoms. The minimum Gasteiger partial charge on any atom is -0.382 e. The summed E-state index contributed by atoms with van der Waals surface area (Å²) in [5.74, 6) is 0.163. The first-order valence-corrected chi connectivity index (χ1v) is 3.82. The van der Waals surface area contributed by atoms with Crippen LogP contribution in [0.2, 0.25) is 0 Å². The predicted octanol–water partition coefficient (Wildman–Crippen LogP) is 0.588. The molecule has 2 unspecified atom stereocenters. The number of Topliss-reactive ketones (excluding diaryl/α,β-unsaturated/α-hetero) is 1. The van der Waals surface area contributed by atoms with Crippen LogP contribution in [0.5, 0.6) is 0 Å². The molecule has 0 aromatic rings. The third kappa shape index (κ3) is 4.11. The number of nitrogens with one attached hydrogen (secondary N) is 1. The second-order valence-corrected chi connectivity index (χ2v) is 2.73. The molecule has 0 aromatic heterocycles. The highest BCUT2D eigenvalue weighted by Gasteiger charge is 2.14. The zero-order valence-electron chi connectivity index (χ0n) is 7.68. The van der Waals surface area contributed by atoms with Crippen LogP contribution >= 0.6 is 0 Å². The number of ketones is 1. The van der Waals surface area contributed by atoms with Gasteiger partial charge in [0, 0.05) is 7.11 Å². The van der Waals surface area contributed by atoms with Gasteiger partial charge >= 0.3 is 0 Å². The van der Waals surface area contributed by atoms with E-state index in [4.69, 9.17) is 4.74 Å². The van der Waals surface area contributed by atoms with E-state index in [-0.39, 0.29) is 17.9 Å². The molecule has 0 fully saturated rings. The van der Waals surface area contributed by atoms with Crippen molar-refractivity contribution in [2.24, 2.45) is 0 Å². The van der Waals surface area contributed by atoms with Gasteiger partial charge in [0.2, 0.25) is 0 Å². The molecular weight excluding hydrogens is 142 g/mol. The Balaban J connectivity index is 3.77. The molecule has 0 saturated carbocycles. The molecule has 0 saturated heterocycles. The molecule has 0 aromatic carbocycles. The molecule has 0 aliphatic heterocycles. The van der Waals surface area contributed by atoms with Crippen LogP contribution in [0.3, 0.4) is 0 Å². The zero-order valence-corrected chi connectivity index (χ0v) is 7.68. The number of methoxy groups -OCH3 is 1. The number of carbonyl (C=O) groups excluding carboxylic acids is 1. The fourth-order valence-corrected chi connectivity index (χ4v) is 0.915. The van der Waals surface area contributed by atoms with E-state index in [1.54, 1.807) is 21.1 Å². The monoisotopic (exact) mass is 159 g/mol. The molecule has 0 aliphatic carbocycles. The maximum absolute atomic E-state index is 10.9. The minimum absolute atomic E-state index is 0.0649.